The summed E-state index contributed by atoms with van der Waals surface area (Å²) in [5.74, 6) is 0.715. The zero-order valence-corrected chi connectivity index (χ0v) is 18.3. The van der Waals surface area contributed by atoms with Crippen molar-refractivity contribution in [1.82, 2.24) is 15.3 Å². The lowest BCUT2D eigenvalue weighted by atomic mass is 9.99. The molecule has 1 aliphatic heterocycles. The molecule has 0 aliphatic carbocycles. The lowest BCUT2D eigenvalue weighted by molar-refractivity contribution is 0.897. The van der Waals surface area contributed by atoms with Crippen LogP contribution in [0.15, 0.2) is 65.8 Å². The van der Waals surface area contributed by atoms with Gasteiger partial charge in [-0.25, -0.2) is 9.98 Å². The zero-order chi connectivity index (χ0) is 23.4. The van der Waals surface area contributed by atoms with Crippen molar-refractivity contribution in [2.45, 2.75) is 6.92 Å². The first-order chi connectivity index (χ1) is 16.0. The van der Waals surface area contributed by atoms with Gasteiger partial charge in [-0.1, -0.05) is 18.2 Å². The molecule has 0 amide bonds. The Kier molecular flexibility index (Phi) is 6.28. The van der Waals surface area contributed by atoms with Crippen molar-refractivity contribution in [3.63, 3.8) is 0 Å². The van der Waals surface area contributed by atoms with Crippen LogP contribution in [0.3, 0.4) is 0 Å². The van der Waals surface area contributed by atoms with E-state index in [0.29, 0.717) is 39.6 Å². The van der Waals surface area contributed by atoms with Gasteiger partial charge < -0.3 is 27.9 Å². The third-order valence-corrected chi connectivity index (χ3v) is 5.40. The van der Waals surface area contributed by atoms with Gasteiger partial charge in [-0.05, 0) is 60.0 Å². The number of aryl methyl sites for hydroxylation is 1. The van der Waals surface area contributed by atoms with Crippen LogP contribution in [-0.4, -0.2) is 35.1 Å². The fourth-order valence-corrected chi connectivity index (χ4v) is 3.61. The number of allylic oxidation sites excluding steroid dienone is 1. The second kappa shape index (κ2) is 9.46. The van der Waals surface area contributed by atoms with Crippen molar-refractivity contribution in [2.24, 2.45) is 16.5 Å². The Labute approximate surface area is 192 Å². The molecule has 33 heavy (non-hydrogen) atoms. The predicted molar refractivity (Wildman–Crippen MR) is 135 cm³/mol. The van der Waals surface area contributed by atoms with Crippen molar-refractivity contribution < 1.29 is 0 Å². The van der Waals surface area contributed by atoms with E-state index in [1.165, 1.54) is 11.8 Å². The lowest BCUT2D eigenvalue weighted by Crippen LogP contribution is -2.16. The average molecular weight is 439 g/mol. The molecular weight excluding hydrogens is 412 g/mol. The predicted octanol–water partition coefficient (Wildman–Crippen LogP) is 2.87. The van der Waals surface area contributed by atoms with Gasteiger partial charge >= 0.3 is 0 Å². The van der Waals surface area contributed by atoms with Crippen LogP contribution in [0.5, 0.6) is 0 Å². The van der Waals surface area contributed by atoms with Crippen molar-refractivity contribution in [2.75, 3.05) is 18.8 Å². The summed E-state index contributed by atoms with van der Waals surface area (Å²) in [7, 11) is 0. The smallest absolute Gasteiger partial charge is 0.154 e. The highest BCUT2D eigenvalue weighted by Crippen LogP contribution is 2.25. The molecule has 1 aliphatic rings. The minimum absolute atomic E-state index is 0.230. The number of nitrogens with one attached hydrogen (secondary N) is 2. The van der Waals surface area contributed by atoms with Crippen molar-refractivity contribution in [3.8, 4) is 0 Å². The maximum absolute atomic E-state index is 7.93. The van der Waals surface area contributed by atoms with E-state index in [9.17, 15) is 0 Å². The summed E-state index contributed by atoms with van der Waals surface area (Å²) >= 11 is 0. The first-order valence-corrected chi connectivity index (χ1v) is 10.5. The standard InChI is InChI=1S/C25H26N8/c1-15-3-2-4-22(32-15)24(28)20(12-26)16-5-7-21(27)19(11-16)25(29)33-23-8-6-17(14-31-23)18-9-10-30-13-18/h2-9,11-12,14,26,30H,10,13,27-28H2,1H3,(H2,29,31,33)/b24-20+,26-12?. The number of amidine groups is 1. The van der Waals surface area contributed by atoms with Gasteiger partial charge in [0.15, 0.2) is 5.82 Å². The molecule has 0 fully saturated rings. The Bertz CT molecular complexity index is 1290. The molecular formula is C25H26N8. The number of aliphatic imine (C=N–C) groups is 1. The molecule has 8 nitrogen and oxygen atoms in total. The number of nitrogens with two attached hydrogens (primary N) is 3. The second-order valence-electron chi connectivity index (χ2n) is 7.70. The topological polar surface area (TPSA) is 152 Å². The van der Waals surface area contributed by atoms with E-state index >= 15 is 0 Å². The summed E-state index contributed by atoms with van der Waals surface area (Å²) in [5.41, 5.74) is 25.2. The van der Waals surface area contributed by atoms with Crippen molar-refractivity contribution in [3.05, 3.63) is 88.9 Å². The third kappa shape index (κ3) is 4.81. The molecule has 0 bridgehead atoms. The van der Waals surface area contributed by atoms with Gasteiger partial charge in [0.05, 0.1) is 11.4 Å². The molecule has 0 saturated heterocycles. The molecule has 0 saturated carbocycles. The van der Waals surface area contributed by atoms with Gasteiger partial charge in [-0.2, -0.15) is 0 Å². The highest BCUT2D eigenvalue weighted by Gasteiger charge is 2.13. The highest BCUT2D eigenvalue weighted by atomic mass is 15.0. The van der Waals surface area contributed by atoms with Gasteiger partial charge in [0.1, 0.15) is 5.84 Å². The normalized spacial score (nSPS) is 14.6. The Balaban J connectivity index is 1.67. The van der Waals surface area contributed by atoms with Crippen LogP contribution in [-0.2, 0) is 0 Å². The van der Waals surface area contributed by atoms with Gasteiger partial charge in [0.2, 0.25) is 0 Å². The minimum Gasteiger partial charge on any atom is -0.398 e. The second-order valence-corrected chi connectivity index (χ2v) is 7.70. The fraction of sp³-hybridized carbons (Fsp3) is 0.120. The number of hydrogen-bond acceptors (Lipinski definition) is 7. The summed E-state index contributed by atoms with van der Waals surface area (Å²) < 4.78 is 0. The van der Waals surface area contributed by atoms with Crippen LogP contribution in [0.1, 0.15) is 28.1 Å². The van der Waals surface area contributed by atoms with Gasteiger partial charge in [-0.3, -0.25) is 4.98 Å². The summed E-state index contributed by atoms with van der Waals surface area (Å²) in [5, 5.41) is 11.2. The minimum atomic E-state index is 0.230. The molecule has 2 aromatic heterocycles. The number of hydrogen-bond donors (Lipinski definition) is 5. The number of pyridine rings is 2. The number of nitrogen functional groups attached to an aromatic ring is 1. The monoisotopic (exact) mass is 438 g/mol. The molecule has 0 radical (unpaired) electrons. The fourth-order valence-electron chi connectivity index (χ4n) is 3.61. The van der Waals surface area contributed by atoms with E-state index in [4.69, 9.17) is 22.6 Å². The van der Waals surface area contributed by atoms with Crippen LogP contribution in [0.25, 0.3) is 16.8 Å². The summed E-state index contributed by atoms with van der Waals surface area (Å²) in [6.07, 6.45) is 5.14. The molecule has 4 rings (SSSR count). The Morgan fingerprint density at radius 1 is 1.15 bits per heavy atom. The van der Waals surface area contributed by atoms with E-state index < -0.39 is 0 Å². The highest BCUT2D eigenvalue weighted by molar-refractivity contribution is 6.18. The Morgan fingerprint density at radius 2 is 2.00 bits per heavy atom. The third-order valence-electron chi connectivity index (χ3n) is 5.40. The van der Waals surface area contributed by atoms with Crippen LogP contribution in [0.4, 0.5) is 11.5 Å². The van der Waals surface area contributed by atoms with E-state index in [1.807, 2.05) is 37.3 Å². The van der Waals surface area contributed by atoms with Crippen LogP contribution < -0.4 is 22.5 Å². The van der Waals surface area contributed by atoms with Crippen molar-refractivity contribution in [1.29, 1.82) is 5.41 Å². The lowest BCUT2D eigenvalue weighted by Gasteiger charge is -2.12. The molecule has 0 atom stereocenters. The van der Waals surface area contributed by atoms with Crippen LogP contribution >= 0.6 is 0 Å². The summed E-state index contributed by atoms with van der Waals surface area (Å²) in [4.78, 5) is 13.3. The van der Waals surface area contributed by atoms with Gasteiger partial charge in [0.25, 0.3) is 0 Å². The SMILES string of the molecule is Cc1cccc(/C(N)=C(/C=N)c2ccc(N)c(C(N)=Nc3ccc(C4=CCNC4)cn3)c2)n1. The Hall–Kier alpha value is -4.30. The quantitative estimate of drug-likeness (QED) is 0.227. The first-order valence-electron chi connectivity index (χ1n) is 10.5. The largest absolute Gasteiger partial charge is 0.398 e. The van der Waals surface area contributed by atoms with Gasteiger partial charge in [0, 0.05) is 48.0 Å². The number of aromatic nitrogens is 2. The summed E-state index contributed by atoms with van der Waals surface area (Å²) in [6.45, 7) is 3.59. The molecule has 0 unspecified atom stereocenters. The number of nitrogens with zero attached hydrogens (tertiary/aromatic N) is 3. The van der Waals surface area contributed by atoms with Crippen molar-refractivity contribution >= 4 is 40.4 Å². The van der Waals surface area contributed by atoms with Crippen LogP contribution in [0.2, 0.25) is 0 Å². The van der Waals surface area contributed by atoms with Crippen LogP contribution in [0, 0.1) is 12.3 Å². The zero-order valence-electron chi connectivity index (χ0n) is 18.3. The van der Waals surface area contributed by atoms with E-state index in [0.717, 1.165) is 24.3 Å². The molecule has 1 aromatic carbocycles. The number of benzene rings is 1. The first kappa shape index (κ1) is 21.9. The maximum atomic E-state index is 7.93. The van der Waals surface area contributed by atoms with E-state index in [-0.39, 0.29) is 5.84 Å². The average Bonchev–Trinajstić information content (AvgIpc) is 3.36. The molecule has 3 heterocycles. The molecule has 8 N–H and O–H groups in total. The van der Waals surface area contributed by atoms with E-state index in [1.54, 1.807) is 24.4 Å². The molecule has 3 aromatic rings. The molecule has 8 heteroatoms. The molecule has 0 spiro atoms. The Morgan fingerprint density at radius 3 is 2.67 bits per heavy atom. The van der Waals surface area contributed by atoms with Gasteiger partial charge in [-0.15, -0.1) is 0 Å². The summed E-state index contributed by atoms with van der Waals surface area (Å²) in [6, 6.07) is 14.7. The maximum Gasteiger partial charge on any atom is 0.154 e. The van der Waals surface area contributed by atoms with E-state index in [2.05, 4.69) is 26.4 Å². The number of rotatable bonds is 6. The molecule has 166 valence electrons. The number of anilines is 1.